The molecule has 1 saturated carbocycles. The number of aliphatic carboxylic acids is 1. The Morgan fingerprint density at radius 3 is 2.24 bits per heavy atom. The maximum Gasteiger partial charge on any atom is 0.309 e. The minimum Gasteiger partial charge on any atom is -0.494 e. The van der Waals surface area contributed by atoms with Crippen LogP contribution in [-0.4, -0.2) is 48.1 Å². The van der Waals surface area contributed by atoms with Crippen molar-refractivity contribution in [3.63, 3.8) is 0 Å². The van der Waals surface area contributed by atoms with E-state index in [2.05, 4.69) is 53.4 Å². The van der Waals surface area contributed by atoms with Crippen LogP contribution in [0.3, 0.4) is 0 Å². The molecule has 200 valence electrons. The zero-order valence-corrected chi connectivity index (χ0v) is 22.1. The minimum atomic E-state index is -0.674. The van der Waals surface area contributed by atoms with E-state index in [0.29, 0.717) is 13.0 Å². The quantitative estimate of drug-likeness (QED) is 0.275. The summed E-state index contributed by atoms with van der Waals surface area (Å²) in [7, 11) is 0. The summed E-state index contributed by atoms with van der Waals surface area (Å²) >= 11 is 0. The van der Waals surface area contributed by atoms with Gasteiger partial charge in [0.2, 0.25) is 5.91 Å². The highest BCUT2D eigenvalue weighted by Crippen LogP contribution is 2.55. The third kappa shape index (κ3) is 7.01. The Morgan fingerprint density at radius 1 is 1.03 bits per heavy atom. The third-order valence-electron chi connectivity index (χ3n) is 7.78. The summed E-state index contributed by atoms with van der Waals surface area (Å²) in [6.45, 7) is 4.87. The number of primary amides is 1. The molecule has 0 saturated heterocycles. The molecular weight excluding hydrogens is 476 g/mol. The molecule has 6 nitrogen and oxygen atoms in total. The molecule has 0 bridgehead atoms. The Labute approximate surface area is 225 Å². The lowest BCUT2D eigenvalue weighted by Crippen LogP contribution is -2.34. The largest absolute Gasteiger partial charge is 0.494 e. The first kappa shape index (κ1) is 27.4. The topological polar surface area (TPSA) is 92.9 Å². The number of amides is 1. The predicted molar refractivity (Wildman–Crippen MR) is 149 cm³/mol. The zero-order chi connectivity index (χ0) is 27.0. The molecule has 1 aliphatic rings. The Morgan fingerprint density at radius 2 is 1.68 bits per heavy atom. The maximum atomic E-state index is 12.0. The Hall–Kier alpha value is -3.64. The van der Waals surface area contributed by atoms with Crippen LogP contribution in [0.1, 0.15) is 48.8 Å². The lowest BCUT2D eigenvalue weighted by molar-refractivity contribution is -0.144. The van der Waals surface area contributed by atoms with Gasteiger partial charge in [0.15, 0.2) is 0 Å². The summed E-state index contributed by atoms with van der Waals surface area (Å²) < 4.78 is 6.00. The van der Waals surface area contributed by atoms with Crippen molar-refractivity contribution in [2.45, 2.75) is 38.5 Å². The summed E-state index contributed by atoms with van der Waals surface area (Å²) in [5.74, 6) is 0.0207. The number of nitrogens with two attached hydrogens (primary N) is 1. The van der Waals surface area contributed by atoms with Crippen molar-refractivity contribution in [1.82, 2.24) is 4.90 Å². The molecule has 3 N–H and O–H groups in total. The van der Waals surface area contributed by atoms with E-state index in [0.717, 1.165) is 43.8 Å². The smallest absolute Gasteiger partial charge is 0.309 e. The molecule has 0 aliphatic heterocycles. The van der Waals surface area contributed by atoms with Gasteiger partial charge in [-0.05, 0) is 54.0 Å². The van der Waals surface area contributed by atoms with E-state index in [1.165, 1.54) is 11.1 Å². The molecule has 2 atom stereocenters. The van der Waals surface area contributed by atoms with E-state index in [1.54, 1.807) is 0 Å². The number of carboxylic acids is 1. The van der Waals surface area contributed by atoms with Gasteiger partial charge in [-0.1, -0.05) is 79.7 Å². The van der Waals surface area contributed by atoms with Crippen LogP contribution in [0.15, 0.2) is 84.9 Å². The van der Waals surface area contributed by atoms with Crippen LogP contribution in [0, 0.1) is 11.3 Å². The third-order valence-corrected chi connectivity index (χ3v) is 7.78. The summed E-state index contributed by atoms with van der Waals surface area (Å²) in [6, 6.07) is 28.5. The molecule has 1 aliphatic carbocycles. The number of rotatable bonds is 15. The average Bonchev–Trinajstić information content (AvgIpc) is 3.64. The van der Waals surface area contributed by atoms with Gasteiger partial charge in [0.05, 0.1) is 18.4 Å². The molecule has 1 amide bonds. The second-order valence-corrected chi connectivity index (χ2v) is 10.3. The van der Waals surface area contributed by atoms with E-state index in [-0.39, 0.29) is 24.2 Å². The number of carbonyl (C=O) groups is 2. The van der Waals surface area contributed by atoms with Crippen molar-refractivity contribution >= 4 is 11.9 Å². The van der Waals surface area contributed by atoms with Gasteiger partial charge in [0, 0.05) is 25.6 Å². The summed E-state index contributed by atoms with van der Waals surface area (Å²) in [5.41, 5.74) is 8.07. The van der Waals surface area contributed by atoms with Crippen LogP contribution in [-0.2, 0) is 16.0 Å². The molecule has 4 rings (SSSR count). The van der Waals surface area contributed by atoms with Gasteiger partial charge in [0.1, 0.15) is 5.75 Å². The van der Waals surface area contributed by atoms with Crippen LogP contribution < -0.4 is 10.5 Å². The SMILES string of the molecule is CCC1(C(=O)O)CC1CN(CCCOc1cccc(CC(N)=O)c1)CC(c1ccccc1)c1ccccc1. The highest BCUT2D eigenvalue weighted by atomic mass is 16.5. The van der Waals surface area contributed by atoms with Gasteiger partial charge in [-0.3, -0.25) is 9.59 Å². The van der Waals surface area contributed by atoms with Crippen molar-refractivity contribution < 1.29 is 19.4 Å². The van der Waals surface area contributed by atoms with Crippen LogP contribution in [0.25, 0.3) is 0 Å². The molecule has 3 aromatic carbocycles. The number of carboxylic acid groups (broad SMARTS) is 1. The lowest BCUT2D eigenvalue weighted by Gasteiger charge is -2.29. The van der Waals surface area contributed by atoms with Crippen molar-refractivity contribution in [1.29, 1.82) is 0 Å². The van der Waals surface area contributed by atoms with Crippen molar-refractivity contribution in [2.24, 2.45) is 17.1 Å². The van der Waals surface area contributed by atoms with Gasteiger partial charge in [-0.15, -0.1) is 0 Å². The van der Waals surface area contributed by atoms with E-state index >= 15 is 0 Å². The highest BCUT2D eigenvalue weighted by molar-refractivity contribution is 5.78. The van der Waals surface area contributed by atoms with Crippen LogP contribution in [0.5, 0.6) is 5.75 Å². The molecular formula is C32H38N2O4. The lowest BCUT2D eigenvalue weighted by atomic mass is 9.90. The second kappa shape index (κ2) is 12.7. The Bertz CT molecular complexity index is 1160. The van der Waals surface area contributed by atoms with Crippen LogP contribution >= 0.6 is 0 Å². The first-order valence-corrected chi connectivity index (χ1v) is 13.5. The number of benzene rings is 3. The van der Waals surface area contributed by atoms with Crippen LogP contribution in [0.4, 0.5) is 0 Å². The highest BCUT2D eigenvalue weighted by Gasteiger charge is 2.59. The first-order chi connectivity index (χ1) is 18.4. The number of ether oxygens (including phenoxy) is 1. The maximum absolute atomic E-state index is 12.0. The fourth-order valence-electron chi connectivity index (χ4n) is 5.49. The monoisotopic (exact) mass is 514 g/mol. The second-order valence-electron chi connectivity index (χ2n) is 10.3. The van der Waals surface area contributed by atoms with E-state index in [9.17, 15) is 14.7 Å². The molecule has 3 aromatic rings. The standard InChI is InChI=1S/C32H38N2O4/c1-2-32(31(36)37)21-27(32)22-34(17-10-18-38-28-16-9-11-24(19-28)20-30(33)35)23-29(25-12-5-3-6-13-25)26-14-7-4-8-15-26/h3-9,11-16,19,27,29H,2,10,17-18,20-23H2,1H3,(H2,33,35)(H,36,37). The fourth-order valence-corrected chi connectivity index (χ4v) is 5.49. The molecule has 6 heteroatoms. The normalized spacial score (nSPS) is 18.4. The summed E-state index contributed by atoms with van der Waals surface area (Å²) in [4.78, 5) is 25.7. The van der Waals surface area contributed by atoms with Crippen molar-refractivity contribution in [3.8, 4) is 5.75 Å². The average molecular weight is 515 g/mol. The number of nitrogens with zero attached hydrogens (tertiary/aromatic N) is 1. The van der Waals surface area contributed by atoms with Gasteiger partial charge < -0.3 is 20.5 Å². The van der Waals surface area contributed by atoms with E-state index < -0.39 is 11.4 Å². The number of hydrogen-bond acceptors (Lipinski definition) is 4. The summed E-state index contributed by atoms with van der Waals surface area (Å²) in [5, 5.41) is 9.87. The Balaban J connectivity index is 1.45. The minimum absolute atomic E-state index is 0.156. The molecule has 2 unspecified atom stereocenters. The van der Waals surface area contributed by atoms with E-state index in [1.807, 2.05) is 43.3 Å². The molecule has 0 spiro atoms. The number of carbonyl (C=O) groups excluding carboxylic acids is 1. The zero-order valence-electron chi connectivity index (χ0n) is 22.1. The van der Waals surface area contributed by atoms with Crippen molar-refractivity contribution in [3.05, 3.63) is 102 Å². The molecule has 0 heterocycles. The predicted octanol–water partition coefficient (Wildman–Crippen LogP) is 5.12. The van der Waals surface area contributed by atoms with Crippen LogP contribution in [0.2, 0.25) is 0 Å². The van der Waals surface area contributed by atoms with Gasteiger partial charge in [-0.2, -0.15) is 0 Å². The van der Waals surface area contributed by atoms with Gasteiger partial charge in [0.25, 0.3) is 0 Å². The molecule has 0 radical (unpaired) electrons. The molecule has 38 heavy (non-hydrogen) atoms. The number of hydrogen-bond donors (Lipinski definition) is 2. The molecule has 0 aromatic heterocycles. The first-order valence-electron chi connectivity index (χ1n) is 13.5. The summed E-state index contributed by atoms with van der Waals surface area (Å²) in [6.07, 6.45) is 2.39. The van der Waals surface area contributed by atoms with E-state index in [4.69, 9.17) is 10.5 Å². The van der Waals surface area contributed by atoms with Crippen molar-refractivity contribution in [2.75, 3.05) is 26.2 Å². The Kier molecular flexibility index (Phi) is 9.19. The van der Waals surface area contributed by atoms with Gasteiger partial charge >= 0.3 is 5.97 Å². The molecule has 1 fully saturated rings. The van der Waals surface area contributed by atoms with Gasteiger partial charge in [-0.25, -0.2) is 0 Å². The fraction of sp³-hybridized carbons (Fsp3) is 0.375.